The molecule has 1 fully saturated rings. The van der Waals surface area contributed by atoms with Crippen LogP contribution in [0, 0.1) is 5.82 Å². The summed E-state index contributed by atoms with van der Waals surface area (Å²) in [6.45, 7) is 0.983. The number of amides is 1. The predicted molar refractivity (Wildman–Crippen MR) is 76.8 cm³/mol. The minimum Gasteiger partial charge on any atom is -0.379 e. The largest absolute Gasteiger partial charge is 0.379 e. The summed E-state index contributed by atoms with van der Waals surface area (Å²) in [5, 5.41) is 7.56. The highest BCUT2D eigenvalue weighted by Gasteiger charge is 2.24. The van der Waals surface area contributed by atoms with Crippen LogP contribution in [0.2, 0.25) is 0 Å². The molecule has 1 atom stereocenters. The Hall–Kier alpha value is -1.03. The van der Waals surface area contributed by atoms with E-state index in [0.29, 0.717) is 13.2 Å². The normalized spacial score (nSPS) is 19.3. The van der Waals surface area contributed by atoms with Crippen LogP contribution in [-0.2, 0) is 14.8 Å². The number of hydrogen-bond acceptors (Lipinski definition) is 4. The van der Waals surface area contributed by atoms with Crippen LogP contribution < -0.4 is 10.5 Å². The summed E-state index contributed by atoms with van der Waals surface area (Å²) in [6, 6.07) is 2.01. The molecule has 6 nitrogen and oxygen atoms in total. The number of carbonyl (C=O) groups excluding carboxylic acids is 1. The second-order valence-electron chi connectivity index (χ2n) is 4.70. The standard InChI is InChI=1S/C12H14BrFN2O4S/c13-7-4-9(11(14)10(5-7)21(15,18)19)12(17)16-8-2-1-3-20-6-8/h4-5,8H,1-3,6H2,(H,16,17)(H2,15,18,19). The molecule has 0 spiro atoms. The summed E-state index contributed by atoms with van der Waals surface area (Å²) in [6.07, 6.45) is 1.53. The first-order chi connectivity index (χ1) is 9.79. The van der Waals surface area contributed by atoms with Crippen molar-refractivity contribution in [3.8, 4) is 0 Å². The van der Waals surface area contributed by atoms with Gasteiger partial charge in [0.2, 0.25) is 10.0 Å². The number of ether oxygens (including phenoxy) is 1. The fourth-order valence-electron chi connectivity index (χ4n) is 2.05. The fourth-order valence-corrected chi connectivity index (χ4v) is 3.31. The fraction of sp³-hybridized carbons (Fsp3) is 0.417. The number of rotatable bonds is 3. The van der Waals surface area contributed by atoms with Crippen LogP contribution in [-0.4, -0.2) is 33.6 Å². The van der Waals surface area contributed by atoms with Crippen molar-refractivity contribution in [1.29, 1.82) is 0 Å². The lowest BCUT2D eigenvalue weighted by molar-refractivity contribution is 0.0622. The molecule has 21 heavy (non-hydrogen) atoms. The third kappa shape index (κ3) is 4.00. The van der Waals surface area contributed by atoms with Gasteiger partial charge in [-0.2, -0.15) is 0 Å². The molecule has 1 aromatic rings. The molecule has 116 valence electrons. The van der Waals surface area contributed by atoms with E-state index >= 15 is 0 Å². The average molecular weight is 381 g/mol. The minimum atomic E-state index is -4.25. The maximum absolute atomic E-state index is 14.2. The van der Waals surface area contributed by atoms with E-state index in [0.717, 1.165) is 18.9 Å². The van der Waals surface area contributed by atoms with Crippen molar-refractivity contribution in [2.75, 3.05) is 13.2 Å². The van der Waals surface area contributed by atoms with E-state index in [1.54, 1.807) is 0 Å². The van der Waals surface area contributed by atoms with E-state index in [2.05, 4.69) is 21.2 Å². The van der Waals surface area contributed by atoms with Gasteiger partial charge in [0.25, 0.3) is 5.91 Å². The SMILES string of the molecule is NS(=O)(=O)c1cc(Br)cc(C(=O)NC2CCCOC2)c1F. The van der Waals surface area contributed by atoms with Crippen LogP contribution in [0.5, 0.6) is 0 Å². The van der Waals surface area contributed by atoms with Gasteiger partial charge in [0.05, 0.1) is 18.2 Å². The molecule has 3 N–H and O–H groups in total. The summed E-state index contributed by atoms with van der Waals surface area (Å²) in [4.78, 5) is 11.4. The van der Waals surface area contributed by atoms with Gasteiger partial charge in [-0.1, -0.05) is 15.9 Å². The zero-order valence-corrected chi connectivity index (χ0v) is 13.3. The van der Waals surface area contributed by atoms with E-state index in [1.165, 1.54) is 6.07 Å². The number of benzene rings is 1. The molecule has 0 bridgehead atoms. The lowest BCUT2D eigenvalue weighted by atomic mass is 10.1. The highest BCUT2D eigenvalue weighted by Crippen LogP contribution is 2.23. The van der Waals surface area contributed by atoms with Gasteiger partial charge in [-0.3, -0.25) is 4.79 Å². The average Bonchev–Trinajstić information content (AvgIpc) is 2.40. The molecule has 1 amide bonds. The lowest BCUT2D eigenvalue weighted by Crippen LogP contribution is -2.41. The van der Waals surface area contributed by atoms with Crippen molar-refractivity contribution in [3.05, 3.63) is 28.0 Å². The Bertz CT molecular complexity index is 659. The number of carbonyl (C=O) groups is 1. The molecule has 0 aliphatic carbocycles. The maximum atomic E-state index is 14.2. The molecule has 2 rings (SSSR count). The van der Waals surface area contributed by atoms with Gasteiger partial charge in [-0.15, -0.1) is 0 Å². The summed E-state index contributed by atoms with van der Waals surface area (Å²) in [5.74, 6) is -1.86. The van der Waals surface area contributed by atoms with E-state index in [4.69, 9.17) is 9.88 Å². The Kier molecular flexibility index (Phi) is 4.97. The third-order valence-electron chi connectivity index (χ3n) is 3.05. The molecule has 1 saturated heterocycles. The van der Waals surface area contributed by atoms with Crippen LogP contribution in [0.1, 0.15) is 23.2 Å². The molecular weight excluding hydrogens is 367 g/mol. The topological polar surface area (TPSA) is 98.5 Å². The van der Waals surface area contributed by atoms with Gasteiger partial charge in [-0.25, -0.2) is 17.9 Å². The Morgan fingerprint density at radius 3 is 2.76 bits per heavy atom. The summed E-state index contributed by atoms with van der Waals surface area (Å²) in [5.41, 5.74) is -0.376. The van der Waals surface area contributed by atoms with Crippen LogP contribution in [0.3, 0.4) is 0 Å². The summed E-state index contributed by atoms with van der Waals surface area (Å²) in [7, 11) is -4.25. The number of halogens is 2. The minimum absolute atomic E-state index is 0.220. The smallest absolute Gasteiger partial charge is 0.254 e. The first-order valence-electron chi connectivity index (χ1n) is 6.19. The Labute approximate surface area is 130 Å². The van der Waals surface area contributed by atoms with Crippen molar-refractivity contribution >= 4 is 31.9 Å². The van der Waals surface area contributed by atoms with Gasteiger partial charge in [0.15, 0.2) is 5.82 Å². The number of nitrogens with one attached hydrogen (secondary N) is 1. The number of hydrogen-bond donors (Lipinski definition) is 2. The highest BCUT2D eigenvalue weighted by molar-refractivity contribution is 9.10. The molecule has 1 aliphatic rings. The zero-order chi connectivity index (χ0) is 15.6. The van der Waals surface area contributed by atoms with E-state index in [1.807, 2.05) is 0 Å². The van der Waals surface area contributed by atoms with Crippen LogP contribution in [0.15, 0.2) is 21.5 Å². The molecule has 0 saturated carbocycles. The predicted octanol–water partition coefficient (Wildman–Crippen LogP) is 1.14. The van der Waals surface area contributed by atoms with Crippen molar-refractivity contribution in [1.82, 2.24) is 5.32 Å². The lowest BCUT2D eigenvalue weighted by Gasteiger charge is -2.23. The van der Waals surface area contributed by atoms with Crippen molar-refractivity contribution in [2.24, 2.45) is 5.14 Å². The highest BCUT2D eigenvalue weighted by atomic mass is 79.9. The first kappa shape index (κ1) is 16.3. The molecule has 1 heterocycles. The van der Waals surface area contributed by atoms with Crippen molar-refractivity contribution < 1.29 is 22.3 Å². The molecule has 1 unspecified atom stereocenters. The van der Waals surface area contributed by atoms with Gasteiger partial charge in [-0.05, 0) is 25.0 Å². The Morgan fingerprint density at radius 1 is 1.48 bits per heavy atom. The monoisotopic (exact) mass is 380 g/mol. The van der Waals surface area contributed by atoms with Crippen molar-refractivity contribution in [3.63, 3.8) is 0 Å². The van der Waals surface area contributed by atoms with E-state index in [-0.39, 0.29) is 16.1 Å². The molecule has 0 aromatic heterocycles. The van der Waals surface area contributed by atoms with E-state index in [9.17, 15) is 17.6 Å². The van der Waals surface area contributed by atoms with Crippen LogP contribution in [0.25, 0.3) is 0 Å². The third-order valence-corrected chi connectivity index (χ3v) is 4.42. The molecule has 1 aromatic carbocycles. The molecular formula is C12H14BrFN2O4S. The summed E-state index contributed by atoms with van der Waals surface area (Å²) < 4.78 is 42.3. The first-order valence-corrected chi connectivity index (χ1v) is 8.53. The Morgan fingerprint density at radius 2 is 2.19 bits per heavy atom. The van der Waals surface area contributed by atoms with Gasteiger partial charge >= 0.3 is 0 Å². The molecule has 1 aliphatic heterocycles. The van der Waals surface area contributed by atoms with Crippen LogP contribution >= 0.6 is 15.9 Å². The maximum Gasteiger partial charge on any atom is 0.254 e. The van der Waals surface area contributed by atoms with E-state index < -0.39 is 26.6 Å². The summed E-state index contributed by atoms with van der Waals surface area (Å²) >= 11 is 3.04. The second-order valence-corrected chi connectivity index (χ2v) is 7.14. The number of primary sulfonamides is 1. The van der Waals surface area contributed by atoms with Gasteiger partial charge in [0, 0.05) is 11.1 Å². The second kappa shape index (κ2) is 6.39. The Balaban J connectivity index is 2.30. The molecule has 0 radical (unpaired) electrons. The van der Waals surface area contributed by atoms with Crippen LogP contribution in [0.4, 0.5) is 4.39 Å². The quantitative estimate of drug-likeness (QED) is 0.821. The molecule has 9 heteroatoms. The number of sulfonamides is 1. The zero-order valence-electron chi connectivity index (χ0n) is 10.9. The van der Waals surface area contributed by atoms with Crippen molar-refractivity contribution in [2.45, 2.75) is 23.8 Å². The van der Waals surface area contributed by atoms with Gasteiger partial charge in [0.1, 0.15) is 4.90 Å². The van der Waals surface area contributed by atoms with Gasteiger partial charge < -0.3 is 10.1 Å². The number of nitrogens with two attached hydrogens (primary N) is 1.